The smallest absolute Gasteiger partial charge is 0.313 e. The van der Waals surface area contributed by atoms with Gasteiger partial charge in [-0.1, -0.05) is 6.07 Å². The summed E-state index contributed by atoms with van der Waals surface area (Å²) < 4.78 is 7.03. The van der Waals surface area contributed by atoms with Crippen molar-refractivity contribution in [3.8, 4) is 0 Å². The van der Waals surface area contributed by atoms with Gasteiger partial charge >= 0.3 is 5.97 Å². The highest BCUT2D eigenvalue weighted by Gasteiger charge is 2.38. The minimum atomic E-state index is -0.104. The van der Waals surface area contributed by atoms with Crippen molar-refractivity contribution in [3.05, 3.63) is 36.0 Å². The number of hydrogen-bond donors (Lipinski definition) is 0. The number of rotatable bonds is 3. The first-order valence-corrected chi connectivity index (χ1v) is 6.33. The van der Waals surface area contributed by atoms with Crippen molar-refractivity contribution in [1.29, 1.82) is 0 Å². The summed E-state index contributed by atoms with van der Waals surface area (Å²) in [6.45, 7) is 0. The first-order chi connectivity index (χ1) is 8.70. The van der Waals surface area contributed by atoms with Gasteiger partial charge in [0.2, 0.25) is 0 Å². The molecule has 3 rings (SSSR count). The van der Waals surface area contributed by atoms with Crippen LogP contribution < -0.4 is 0 Å². The molecule has 1 aliphatic carbocycles. The molecule has 0 radical (unpaired) electrons. The van der Waals surface area contributed by atoms with E-state index in [1.165, 1.54) is 18.0 Å². The monoisotopic (exact) mass is 243 g/mol. The lowest BCUT2D eigenvalue weighted by atomic mass is 9.93. The number of carbonyl (C=O) groups is 1. The molecule has 3 nitrogen and oxygen atoms in total. The topological polar surface area (TPSA) is 31.2 Å². The normalized spacial score (nSPS) is 16.8. The number of hydrogen-bond acceptors (Lipinski definition) is 2. The third kappa shape index (κ3) is 1.80. The van der Waals surface area contributed by atoms with Gasteiger partial charge in [-0.15, -0.1) is 0 Å². The van der Waals surface area contributed by atoms with E-state index in [4.69, 9.17) is 4.74 Å². The average molecular weight is 243 g/mol. The second-order valence-electron chi connectivity index (χ2n) is 5.08. The molecule has 0 amide bonds. The molecular weight excluding hydrogens is 226 g/mol. The SMILES string of the molecule is COC(=O)C(c1ccc2c(ccn2C)c1)C1CC1. The molecule has 2 aromatic rings. The molecule has 94 valence electrons. The zero-order valence-corrected chi connectivity index (χ0v) is 10.7. The van der Waals surface area contributed by atoms with E-state index in [1.54, 1.807) is 0 Å². The van der Waals surface area contributed by atoms with Gasteiger partial charge in [-0.2, -0.15) is 0 Å². The molecule has 18 heavy (non-hydrogen) atoms. The van der Waals surface area contributed by atoms with Crippen LogP contribution in [0.4, 0.5) is 0 Å². The lowest BCUT2D eigenvalue weighted by molar-refractivity contribution is -0.143. The largest absolute Gasteiger partial charge is 0.469 e. The fourth-order valence-electron chi connectivity index (χ4n) is 2.65. The van der Waals surface area contributed by atoms with Crippen LogP contribution in [0.15, 0.2) is 30.5 Å². The quantitative estimate of drug-likeness (QED) is 0.776. The van der Waals surface area contributed by atoms with Crippen LogP contribution in [0.1, 0.15) is 24.3 Å². The maximum Gasteiger partial charge on any atom is 0.313 e. The van der Waals surface area contributed by atoms with E-state index in [-0.39, 0.29) is 11.9 Å². The minimum Gasteiger partial charge on any atom is -0.469 e. The molecule has 0 aliphatic heterocycles. The Hall–Kier alpha value is -1.77. The van der Waals surface area contributed by atoms with E-state index in [2.05, 4.69) is 28.8 Å². The van der Waals surface area contributed by atoms with Crippen LogP contribution in [-0.2, 0) is 16.6 Å². The highest BCUT2D eigenvalue weighted by molar-refractivity contribution is 5.84. The lowest BCUT2D eigenvalue weighted by Crippen LogP contribution is -2.16. The third-order valence-electron chi connectivity index (χ3n) is 3.82. The van der Waals surface area contributed by atoms with Crippen LogP contribution in [0.5, 0.6) is 0 Å². The van der Waals surface area contributed by atoms with Gasteiger partial charge < -0.3 is 9.30 Å². The summed E-state index contributed by atoms with van der Waals surface area (Å²) in [4.78, 5) is 11.9. The maximum absolute atomic E-state index is 11.9. The fraction of sp³-hybridized carbons (Fsp3) is 0.400. The van der Waals surface area contributed by atoms with Crippen LogP contribution >= 0.6 is 0 Å². The van der Waals surface area contributed by atoms with Crippen molar-refractivity contribution >= 4 is 16.9 Å². The number of ether oxygens (including phenoxy) is 1. The second kappa shape index (κ2) is 4.16. The van der Waals surface area contributed by atoms with Gasteiger partial charge in [0.05, 0.1) is 13.0 Å². The molecule has 0 spiro atoms. The maximum atomic E-state index is 11.9. The second-order valence-corrected chi connectivity index (χ2v) is 5.08. The standard InChI is InChI=1S/C15H17NO2/c1-16-8-7-11-9-12(5-6-13(11)16)14(10-3-4-10)15(17)18-2/h5-10,14H,3-4H2,1-2H3. The van der Waals surface area contributed by atoms with Crippen molar-refractivity contribution in [2.45, 2.75) is 18.8 Å². The van der Waals surface area contributed by atoms with Crippen molar-refractivity contribution in [3.63, 3.8) is 0 Å². The summed E-state index contributed by atoms with van der Waals surface area (Å²) in [6, 6.07) is 8.35. The number of carbonyl (C=O) groups excluding carboxylic acids is 1. The summed E-state index contributed by atoms with van der Waals surface area (Å²) in [5.41, 5.74) is 2.28. The molecule has 3 heteroatoms. The Balaban J connectivity index is 2.03. The highest BCUT2D eigenvalue weighted by atomic mass is 16.5. The van der Waals surface area contributed by atoms with Gasteiger partial charge in [0.15, 0.2) is 0 Å². The van der Waals surface area contributed by atoms with Gasteiger partial charge in [-0.3, -0.25) is 4.79 Å². The molecule has 1 aromatic carbocycles. The number of esters is 1. The number of fused-ring (bicyclic) bond motifs is 1. The van der Waals surface area contributed by atoms with Crippen molar-refractivity contribution in [2.75, 3.05) is 7.11 Å². The Kier molecular flexibility index (Phi) is 2.62. The van der Waals surface area contributed by atoms with Crippen LogP contribution in [-0.4, -0.2) is 17.6 Å². The molecule has 0 saturated heterocycles. The van der Waals surface area contributed by atoms with Crippen molar-refractivity contribution in [2.24, 2.45) is 13.0 Å². The fourth-order valence-corrected chi connectivity index (χ4v) is 2.65. The molecule has 1 unspecified atom stereocenters. The summed E-state index contributed by atoms with van der Waals surface area (Å²) in [5.74, 6) is 0.283. The van der Waals surface area contributed by atoms with Crippen LogP contribution in [0.2, 0.25) is 0 Å². The average Bonchev–Trinajstić information content (AvgIpc) is 3.14. The summed E-state index contributed by atoms with van der Waals surface area (Å²) in [5, 5.41) is 1.18. The predicted molar refractivity (Wildman–Crippen MR) is 70.4 cm³/mol. The molecule has 1 atom stereocenters. The minimum absolute atomic E-state index is 0.0837. The molecule has 0 bridgehead atoms. The Morgan fingerprint density at radius 3 is 2.83 bits per heavy atom. The zero-order valence-electron chi connectivity index (χ0n) is 10.7. The van der Waals surface area contributed by atoms with E-state index in [0.717, 1.165) is 18.4 Å². The third-order valence-corrected chi connectivity index (χ3v) is 3.82. The molecule has 0 N–H and O–H groups in total. The molecule has 1 aromatic heterocycles. The van der Waals surface area contributed by atoms with Crippen molar-refractivity contribution < 1.29 is 9.53 Å². The van der Waals surface area contributed by atoms with E-state index >= 15 is 0 Å². The van der Waals surface area contributed by atoms with Gasteiger partial charge in [-0.25, -0.2) is 0 Å². The zero-order chi connectivity index (χ0) is 12.7. The number of aryl methyl sites for hydroxylation is 1. The van der Waals surface area contributed by atoms with E-state index in [1.807, 2.05) is 13.2 Å². The van der Waals surface area contributed by atoms with Crippen LogP contribution in [0.25, 0.3) is 10.9 Å². The Bertz CT molecular complexity index is 596. The number of aromatic nitrogens is 1. The Morgan fingerprint density at radius 2 is 2.17 bits per heavy atom. The Labute approximate surface area is 106 Å². The summed E-state index contributed by atoms with van der Waals surface area (Å²) in [7, 11) is 3.50. The highest BCUT2D eigenvalue weighted by Crippen LogP contribution is 2.43. The summed E-state index contributed by atoms with van der Waals surface area (Å²) in [6.07, 6.45) is 4.30. The number of nitrogens with zero attached hydrogens (tertiary/aromatic N) is 1. The first kappa shape index (κ1) is 11.3. The number of methoxy groups -OCH3 is 1. The molecule has 1 aliphatic rings. The molecular formula is C15H17NO2. The molecule has 1 fully saturated rings. The van der Waals surface area contributed by atoms with E-state index in [9.17, 15) is 4.79 Å². The first-order valence-electron chi connectivity index (χ1n) is 6.33. The number of benzene rings is 1. The van der Waals surface area contributed by atoms with Gasteiger partial charge in [0, 0.05) is 18.8 Å². The lowest BCUT2D eigenvalue weighted by Gasteiger charge is -2.14. The van der Waals surface area contributed by atoms with Gasteiger partial charge in [0.25, 0.3) is 0 Å². The van der Waals surface area contributed by atoms with Crippen LogP contribution in [0, 0.1) is 5.92 Å². The molecule has 1 saturated carbocycles. The van der Waals surface area contributed by atoms with Gasteiger partial charge in [0.1, 0.15) is 0 Å². The van der Waals surface area contributed by atoms with Crippen LogP contribution in [0.3, 0.4) is 0 Å². The van der Waals surface area contributed by atoms with Crippen molar-refractivity contribution in [1.82, 2.24) is 4.57 Å². The van der Waals surface area contributed by atoms with Gasteiger partial charge in [-0.05, 0) is 47.9 Å². The predicted octanol–water partition coefficient (Wildman–Crippen LogP) is 2.84. The summed E-state index contributed by atoms with van der Waals surface area (Å²) >= 11 is 0. The van der Waals surface area contributed by atoms with E-state index in [0.29, 0.717) is 5.92 Å². The van der Waals surface area contributed by atoms with E-state index < -0.39 is 0 Å². The Morgan fingerprint density at radius 1 is 1.39 bits per heavy atom. The molecule has 1 heterocycles.